The second-order valence-electron chi connectivity index (χ2n) is 5.46. The Hall–Kier alpha value is -0.800. The van der Waals surface area contributed by atoms with Gasteiger partial charge >= 0.3 is 0 Å². The van der Waals surface area contributed by atoms with Crippen molar-refractivity contribution in [2.45, 2.75) is 10.9 Å². The zero-order valence-corrected chi connectivity index (χ0v) is 16.2. The number of nitrogens with one attached hydrogen (secondary N) is 1. The van der Waals surface area contributed by atoms with Crippen molar-refractivity contribution >= 4 is 37.7 Å². The van der Waals surface area contributed by atoms with Crippen LogP contribution in [0.5, 0.6) is 0 Å². The summed E-state index contributed by atoms with van der Waals surface area (Å²) < 4.78 is 34.1. The fraction of sp³-hybridized carbons (Fsp3) is 0.375. The van der Waals surface area contributed by atoms with Crippen molar-refractivity contribution in [1.29, 1.82) is 0 Å². The second kappa shape index (κ2) is 8.05. The SMILES string of the molecule is O=S(=O)(NC[C@@H](c1ccco1)N1CCSCC1)c1ccccc1Br. The van der Waals surface area contributed by atoms with Gasteiger partial charge in [-0.25, -0.2) is 13.1 Å². The van der Waals surface area contributed by atoms with E-state index in [1.54, 1.807) is 30.5 Å². The topological polar surface area (TPSA) is 62.6 Å². The molecule has 0 bridgehead atoms. The highest BCUT2D eigenvalue weighted by Crippen LogP contribution is 2.26. The molecule has 5 nitrogen and oxygen atoms in total. The maximum Gasteiger partial charge on any atom is 0.241 e. The van der Waals surface area contributed by atoms with Crippen molar-refractivity contribution in [2.24, 2.45) is 0 Å². The Morgan fingerprint density at radius 2 is 1.96 bits per heavy atom. The molecule has 8 heteroatoms. The second-order valence-corrected chi connectivity index (χ2v) is 9.28. The lowest BCUT2D eigenvalue weighted by atomic mass is 10.2. The van der Waals surface area contributed by atoms with Crippen LogP contribution >= 0.6 is 27.7 Å². The van der Waals surface area contributed by atoms with Crippen LogP contribution in [0.25, 0.3) is 0 Å². The monoisotopic (exact) mass is 430 g/mol. The summed E-state index contributed by atoms with van der Waals surface area (Å²) in [4.78, 5) is 2.52. The average Bonchev–Trinajstić information content (AvgIpc) is 3.10. The van der Waals surface area contributed by atoms with Gasteiger partial charge in [0.05, 0.1) is 17.2 Å². The van der Waals surface area contributed by atoms with Crippen LogP contribution in [-0.2, 0) is 10.0 Å². The number of nitrogens with zero attached hydrogens (tertiary/aromatic N) is 1. The van der Waals surface area contributed by atoms with Crippen LogP contribution in [0.3, 0.4) is 0 Å². The summed E-state index contributed by atoms with van der Waals surface area (Å²) in [5, 5.41) is 0. The van der Waals surface area contributed by atoms with Crippen LogP contribution in [-0.4, -0.2) is 44.5 Å². The van der Waals surface area contributed by atoms with E-state index in [0.29, 0.717) is 4.47 Å². The third-order valence-corrected chi connectivity index (χ3v) is 7.33. The molecule has 0 saturated carbocycles. The van der Waals surface area contributed by atoms with Crippen LogP contribution < -0.4 is 4.72 Å². The summed E-state index contributed by atoms with van der Waals surface area (Å²) in [6.07, 6.45) is 1.63. The highest BCUT2D eigenvalue weighted by molar-refractivity contribution is 9.10. The van der Waals surface area contributed by atoms with Gasteiger partial charge < -0.3 is 4.42 Å². The van der Waals surface area contributed by atoms with E-state index < -0.39 is 10.0 Å². The normalized spacial score (nSPS) is 17.7. The van der Waals surface area contributed by atoms with Crippen LogP contribution in [0.4, 0.5) is 0 Å². The smallest absolute Gasteiger partial charge is 0.241 e. The number of sulfonamides is 1. The molecule has 24 heavy (non-hydrogen) atoms. The van der Waals surface area contributed by atoms with E-state index in [2.05, 4.69) is 25.6 Å². The largest absolute Gasteiger partial charge is 0.468 e. The fourth-order valence-corrected chi connectivity index (χ4v) is 5.68. The molecule has 2 heterocycles. The molecule has 1 fully saturated rings. The summed E-state index contributed by atoms with van der Waals surface area (Å²) in [6.45, 7) is 2.13. The molecular formula is C16H19BrN2O3S2. The molecular weight excluding hydrogens is 412 g/mol. The van der Waals surface area contributed by atoms with Crippen molar-refractivity contribution in [2.75, 3.05) is 31.1 Å². The van der Waals surface area contributed by atoms with Crippen LogP contribution in [0.15, 0.2) is 56.4 Å². The van der Waals surface area contributed by atoms with Gasteiger partial charge in [0, 0.05) is 35.6 Å². The molecule has 1 N–H and O–H groups in total. The highest BCUT2D eigenvalue weighted by atomic mass is 79.9. The quantitative estimate of drug-likeness (QED) is 0.762. The first-order valence-corrected chi connectivity index (χ1v) is 11.1. The molecule has 1 aromatic heterocycles. The Bertz CT molecular complexity index is 759. The first-order valence-electron chi connectivity index (χ1n) is 7.67. The van der Waals surface area contributed by atoms with E-state index in [1.807, 2.05) is 23.9 Å². The van der Waals surface area contributed by atoms with Gasteiger partial charge in [-0.3, -0.25) is 4.90 Å². The van der Waals surface area contributed by atoms with Crippen LogP contribution in [0.1, 0.15) is 11.8 Å². The molecule has 1 aliphatic rings. The van der Waals surface area contributed by atoms with E-state index in [0.717, 1.165) is 30.4 Å². The van der Waals surface area contributed by atoms with Crippen molar-refractivity contribution in [3.8, 4) is 0 Å². The fourth-order valence-electron chi connectivity index (χ4n) is 2.71. The summed E-state index contributed by atoms with van der Waals surface area (Å²) in [5.74, 6) is 2.89. The maximum absolute atomic E-state index is 12.6. The molecule has 0 radical (unpaired) electrons. The minimum Gasteiger partial charge on any atom is -0.468 e. The molecule has 1 aliphatic heterocycles. The van der Waals surface area contributed by atoms with E-state index >= 15 is 0 Å². The molecule has 130 valence electrons. The molecule has 0 aliphatic carbocycles. The molecule has 1 atom stereocenters. The summed E-state index contributed by atoms with van der Waals surface area (Å²) in [7, 11) is -3.59. The lowest BCUT2D eigenvalue weighted by molar-refractivity contribution is 0.193. The Balaban J connectivity index is 1.77. The number of thioether (sulfide) groups is 1. The summed E-state index contributed by atoms with van der Waals surface area (Å²) >= 11 is 5.22. The summed E-state index contributed by atoms with van der Waals surface area (Å²) in [5.41, 5.74) is 0. The van der Waals surface area contributed by atoms with Gasteiger partial charge in [-0.1, -0.05) is 12.1 Å². The Morgan fingerprint density at radius 3 is 2.62 bits per heavy atom. The number of benzene rings is 1. The van der Waals surface area contributed by atoms with Crippen molar-refractivity contribution in [3.05, 3.63) is 52.9 Å². The van der Waals surface area contributed by atoms with Gasteiger partial charge in [0.15, 0.2) is 0 Å². The zero-order chi connectivity index (χ0) is 17.0. The first kappa shape index (κ1) is 18.0. The van der Waals surface area contributed by atoms with Crippen LogP contribution in [0.2, 0.25) is 0 Å². The predicted molar refractivity (Wildman–Crippen MR) is 99.7 cm³/mol. The molecule has 0 unspecified atom stereocenters. The Morgan fingerprint density at radius 1 is 1.21 bits per heavy atom. The van der Waals surface area contributed by atoms with Gasteiger partial charge in [-0.15, -0.1) is 0 Å². The molecule has 1 saturated heterocycles. The van der Waals surface area contributed by atoms with Crippen LogP contribution in [0, 0.1) is 0 Å². The lowest BCUT2D eigenvalue weighted by Crippen LogP contribution is -2.41. The van der Waals surface area contributed by atoms with Crippen molar-refractivity contribution in [3.63, 3.8) is 0 Å². The molecule has 3 rings (SSSR count). The number of halogens is 1. The Kier molecular flexibility index (Phi) is 6.04. The van der Waals surface area contributed by atoms with Crippen molar-refractivity contribution in [1.82, 2.24) is 9.62 Å². The molecule has 1 aromatic carbocycles. The number of hydrogen-bond acceptors (Lipinski definition) is 5. The highest BCUT2D eigenvalue weighted by Gasteiger charge is 2.27. The van der Waals surface area contributed by atoms with E-state index in [-0.39, 0.29) is 17.5 Å². The third kappa shape index (κ3) is 4.23. The van der Waals surface area contributed by atoms with Gasteiger partial charge in [-0.05, 0) is 40.2 Å². The van der Waals surface area contributed by atoms with E-state index in [9.17, 15) is 8.42 Å². The predicted octanol–water partition coefficient (Wildman–Crippen LogP) is 3.11. The lowest BCUT2D eigenvalue weighted by Gasteiger charge is -2.33. The van der Waals surface area contributed by atoms with Gasteiger partial charge in [0.1, 0.15) is 5.76 Å². The number of hydrogen-bond donors (Lipinski definition) is 1. The number of rotatable bonds is 6. The summed E-state index contributed by atoms with van der Waals surface area (Å²) in [6, 6.07) is 10.5. The van der Waals surface area contributed by atoms with E-state index in [1.165, 1.54) is 0 Å². The van der Waals surface area contributed by atoms with Gasteiger partial charge in [-0.2, -0.15) is 11.8 Å². The van der Waals surface area contributed by atoms with Crippen molar-refractivity contribution < 1.29 is 12.8 Å². The first-order chi connectivity index (χ1) is 11.6. The van der Waals surface area contributed by atoms with E-state index in [4.69, 9.17) is 4.42 Å². The zero-order valence-electron chi connectivity index (χ0n) is 13.0. The molecule has 2 aromatic rings. The minimum atomic E-state index is -3.59. The molecule has 0 amide bonds. The maximum atomic E-state index is 12.6. The Labute approximate surface area is 155 Å². The third-order valence-electron chi connectivity index (χ3n) is 3.95. The van der Waals surface area contributed by atoms with Gasteiger partial charge in [0.2, 0.25) is 10.0 Å². The molecule has 0 spiro atoms. The average molecular weight is 431 g/mol. The number of furan rings is 1. The van der Waals surface area contributed by atoms with Gasteiger partial charge in [0.25, 0.3) is 0 Å². The standard InChI is InChI=1S/C16H19BrN2O3S2/c17-13-4-1-2-6-16(13)24(20,21)18-12-14(15-5-3-9-22-15)19-7-10-23-11-8-19/h1-6,9,14,18H,7-8,10-12H2/t14-/m0/s1. The minimum absolute atomic E-state index is 0.0989.